The Morgan fingerprint density at radius 2 is 1.50 bits per heavy atom. The minimum Gasteiger partial charge on any atom is -0.341 e. The van der Waals surface area contributed by atoms with Crippen LogP contribution in [0.15, 0.2) is 18.2 Å². The monoisotopic (exact) mass is 366 g/mol. The molecule has 1 atom stereocenters. The average molecular weight is 366 g/mol. The Labute approximate surface area is 150 Å². The lowest BCUT2D eigenvalue weighted by Gasteiger charge is -2.28. The molecular weight excluding hydrogens is 344 g/mol. The maximum absolute atomic E-state index is 12.6. The highest BCUT2D eigenvalue weighted by atomic mass is 16.6. The van der Waals surface area contributed by atoms with Crippen LogP contribution in [0.3, 0.4) is 0 Å². The number of rotatable bonds is 8. The number of carbonyl (C=O) groups is 2. The van der Waals surface area contributed by atoms with Gasteiger partial charge >= 0.3 is 0 Å². The summed E-state index contributed by atoms with van der Waals surface area (Å²) >= 11 is 0. The summed E-state index contributed by atoms with van der Waals surface area (Å²) < 4.78 is 0. The van der Waals surface area contributed by atoms with Gasteiger partial charge in [0, 0.05) is 25.2 Å². The molecule has 1 aromatic carbocycles. The molecule has 0 bridgehead atoms. The van der Waals surface area contributed by atoms with E-state index >= 15 is 0 Å². The van der Waals surface area contributed by atoms with E-state index in [-0.39, 0.29) is 17.4 Å². The molecule has 10 heteroatoms. The number of nitrogens with one attached hydrogen (secondary N) is 1. The number of non-ortho nitro benzene ring substituents is 2. The normalized spacial score (nSPS) is 11.7. The van der Waals surface area contributed by atoms with Crippen molar-refractivity contribution in [2.75, 3.05) is 13.1 Å². The molecule has 0 saturated heterocycles. The van der Waals surface area contributed by atoms with E-state index in [0.717, 1.165) is 18.2 Å². The number of nitro benzene ring substituents is 2. The van der Waals surface area contributed by atoms with Crippen LogP contribution in [0.1, 0.15) is 38.1 Å². The number of carbonyl (C=O) groups excluding carboxylic acids is 2. The molecule has 0 aliphatic carbocycles. The minimum atomic E-state index is -0.847. The van der Waals surface area contributed by atoms with Gasteiger partial charge in [-0.15, -0.1) is 0 Å². The van der Waals surface area contributed by atoms with Crippen molar-refractivity contribution in [1.82, 2.24) is 10.2 Å². The molecule has 0 spiro atoms. The largest absolute Gasteiger partial charge is 0.341 e. The highest BCUT2D eigenvalue weighted by Gasteiger charge is 2.29. The third kappa shape index (κ3) is 4.98. The molecule has 1 rings (SSSR count). The van der Waals surface area contributed by atoms with Gasteiger partial charge in [-0.3, -0.25) is 29.8 Å². The van der Waals surface area contributed by atoms with Crippen molar-refractivity contribution in [1.29, 1.82) is 0 Å². The Bertz CT molecular complexity index is 682. The molecule has 0 aliphatic heterocycles. The van der Waals surface area contributed by atoms with Crippen LogP contribution in [0.5, 0.6) is 0 Å². The number of likely N-dealkylation sites (N-methyl/N-ethyl adjacent to an activating group) is 1. The molecular formula is C16H22N4O6. The van der Waals surface area contributed by atoms with E-state index in [1.54, 1.807) is 18.7 Å². The van der Waals surface area contributed by atoms with E-state index in [1.807, 2.05) is 13.8 Å². The van der Waals surface area contributed by atoms with Crippen LogP contribution in [-0.2, 0) is 4.79 Å². The molecule has 0 heterocycles. The van der Waals surface area contributed by atoms with Crippen molar-refractivity contribution in [3.05, 3.63) is 44.0 Å². The zero-order chi connectivity index (χ0) is 20.0. The van der Waals surface area contributed by atoms with Crippen LogP contribution < -0.4 is 5.32 Å². The van der Waals surface area contributed by atoms with Crippen molar-refractivity contribution in [2.45, 2.75) is 33.7 Å². The molecule has 26 heavy (non-hydrogen) atoms. The quantitative estimate of drug-likeness (QED) is 0.553. The summed E-state index contributed by atoms with van der Waals surface area (Å²) in [6, 6.07) is 1.82. The number of benzene rings is 1. The second-order valence-corrected chi connectivity index (χ2v) is 5.96. The lowest BCUT2D eigenvalue weighted by molar-refractivity contribution is -0.394. The van der Waals surface area contributed by atoms with Gasteiger partial charge in [-0.25, -0.2) is 0 Å². The first kappa shape index (κ1) is 21.0. The molecule has 0 radical (unpaired) electrons. The fourth-order valence-corrected chi connectivity index (χ4v) is 2.41. The van der Waals surface area contributed by atoms with Gasteiger partial charge in [-0.1, -0.05) is 13.8 Å². The van der Waals surface area contributed by atoms with Crippen molar-refractivity contribution < 1.29 is 19.4 Å². The van der Waals surface area contributed by atoms with Crippen LogP contribution >= 0.6 is 0 Å². The average Bonchev–Trinajstić information content (AvgIpc) is 2.59. The van der Waals surface area contributed by atoms with E-state index < -0.39 is 33.2 Å². The first-order valence-corrected chi connectivity index (χ1v) is 8.15. The molecule has 142 valence electrons. The van der Waals surface area contributed by atoms with E-state index in [9.17, 15) is 29.8 Å². The van der Waals surface area contributed by atoms with Gasteiger partial charge in [0.1, 0.15) is 6.04 Å². The van der Waals surface area contributed by atoms with Crippen molar-refractivity contribution >= 4 is 23.2 Å². The van der Waals surface area contributed by atoms with Crippen LogP contribution in [0, 0.1) is 26.1 Å². The van der Waals surface area contributed by atoms with Crippen molar-refractivity contribution in [3.63, 3.8) is 0 Å². The summed E-state index contributed by atoms with van der Waals surface area (Å²) in [6.07, 6.45) is 0. The lowest BCUT2D eigenvalue weighted by atomic mass is 10.0. The predicted octanol–water partition coefficient (Wildman–Crippen LogP) is 2.13. The third-order valence-corrected chi connectivity index (χ3v) is 3.88. The van der Waals surface area contributed by atoms with Gasteiger partial charge in [0.2, 0.25) is 5.91 Å². The number of amides is 2. The Kier molecular flexibility index (Phi) is 7.17. The van der Waals surface area contributed by atoms with E-state index in [4.69, 9.17) is 0 Å². The Hall–Kier alpha value is -3.04. The first-order chi connectivity index (χ1) is 12.1. The summed E-state index contributed by atoms with van der Waals surface area (Å²) in [4.78, 5) is 46.9. The molecule has 0 fully saturated rings. The molecule has 10 nitrogen and oxygen atoms in total. The molecule has 1 aromatic rings. The predicted molar refractivity (Wildman–Crippen MR) is 93.8 cm³/mol. The minimum absolute atomic E-state index is 0.235. The van der Waals surface area contributed by atoms with Gasteiger partial charge in [-0.05, 0) is 19.8 Å². The van der Waals surface area contributed by atoms with Crippen LogP contribution in [-0.4, -0.2) is 45.7 Å². The fourth-order valence-electron chi connectivity index (χ4n) is 2.41. The Balaban J connectivity index is 3.19. The molecule has 0 unspecified atom stereocenters. The second-order valence-electron chi connectivity index (χ2n) is 5.96. The van der Waals surface area contributed by atoms with E-state index in [1.165, 1.54) is 0 Å². The fraction of sp³-hybridized carbons (Fsp3) is 0.500. The number of nitro groups is 2. The summed E-state index contributed by atoms with van der Waals surface area (Å²) in [6.45, 7) is 8.06. The maximum atomic E-state index is 12.6. The number of nitrogens with zero attached hydrogens (tertiary/aromatic N) is 3. The molecule has 2 amide bonds. The summed E-state index contributed by atoms with van der Waals surface area (Å²) in [5.41, 5.74) is -1.38. The summed E-state index contributed by atoms with van der Waals surface area (Å²) in [5.74, 6) is -1.30. The third-order valence-electron chi connectivity index (χ3n) is 3.88. The molecule has 0 aromatic heterocycles. The zero-order valence-corrected chi connectivity index (χ0v) is 15.1. The molecule has 0 aliphatic rings. The number of hydrogen-bond acceptors (Lipinski definition) is 6. The standard InChI is InChI=1S/C16H22N4O6/c1-5-18(6-2)16(22)14(10(3)4)17-15(21)11-7-12(19(23)24)9-13(8-11)20(25)26/h7-10,14H,5-6H2,1-4H3,(H,17,21)/t14-/m0/s1. The smallest absolute Gasteiger partial charge is 0.277 e. The lowest BCUT2D eigenvalue weighted by Crippen LogP contribution is -2.51. The van der Waals surface area contributed by atoms with Gasteiger partial charge < -0.3 is 10.2 Å². The van der Waals surface area contributed by atoms with Crippen molar-refractivity contribution in [3.8, 4) is 0 Å². The summed E-state index contributed by atoms with van der Waals surface area (Å²) in [5, 5.41) is 24.4. The summed E-state index contributed by atoms with van der Waals surface area (Å²) in [7, 11) is 0. The van der Waals surface area contributed by atoms with Crippen molar-refractivity contribution in [2.24, 2.45) is 5.92 Å². The molecule has 0 saturated carbocycles. The maximum Gasteiger partial charge on any atom is 0.277 e. The van der Waals surface area contributed by atoms with Crippen LogP contribution in [0.4, 0.5) is 11.4 Å². The highest BCUT2D eigenvalue weighted by molar-refractivity contribution is 5.98. The van der Waals surface area contributed by atoms with Gasteiger partial charge in [0.15, 0.2) is 0 Å². The number of hydrogen-bond donors (Lipinski definition) is 1. The van der Waals surface area contributed by atoms with Gasteiger partial charge in [0.25, 0.3) is 17.3 Å². The Morgan fingerprint density at radius 3 is 1.85 bits per heavy atom. The van der Waals surface area contributed by atoms with Gasteiger partial charge in [-0.2, -0.15) is 0 Å². The Morgan fingerprint density at radius 1 is 1.04 bits per heavy atom. The van der Waals surface area contributed by atoms with Crippen LogP contribution in [0.25, 0.3) is 0 Å². The van der Waals surface area contributed by atoms with E-state index in [0.29, 0.717) is 13.1 Å². The zero-order valence-electron chi connectivity index (χ0n) is 15.1. The SMILES string of the molecule is CCN(CC)C(=O)[C@@H](NC(=O)c1cc([N+](=O)[O-])cc([N+](=O)[O-])c1)C(C)C. The topological polar surface area (TPSA) is 136 Å². The first-order valence-electron chi connectivity index (χ1n) is 8.15. The molecule has 1 N–H and O–H groups in total. The van der Waals surface area contributed by atoms with E-state index in [2.05, 4.69) is 5.32 Å². The van der Waals surface area contributed by atoms with Crippen LogP contribution in [0.2, 0.25) is 0 Å². The van der Waals surface area contributed by atoms with Gasteiger partial charge in [0.05, 0.1) is 21.5 Å². The highest BCUT2D eigenvalue weighted by Crippen LogP contribution is 2.23. The second kappa shape index (κ2) is 8.88.